The van der Waals surface area contributed by atoms with Gasteiger partial charge in [0.1, 0.15) is 0 Å². The summed E-state index contributed by atoms with van der Waals surface area (Å²) in [5, 5.41) is 0. The van der Waals surface area contributed by atoms with Crippen LogP contribution in [-0.2, 0) is 0 Å². The summed E-state index contributed by atoms with van der Waals surface area (Å²) in [5.41, 5.74) is 10.3. The summed E-state index contributed by atoms with van der Waals surface area (Å²) in [4.78, 5) is 4.63. The highest BCUT2D eigenvalue weighted by Gasteiger charge is 2.50. The van der Waals surface area contributed by atoms with Crippen LogP contribution in [0.25, 0.3) is 0 Å². The quantitative estimate of drug-likeness (QED) is 0.888. The standard InChI is InChI=1S/C18H26N2/c1-10-3-4-16(11(2)20-10)18(19)17-14-6-12-5-13(8-14)9-15(17)7-12/h3-4,12-15,17-18H,5-9,19H2,1-2H3. The Morgan fingerprint density at radius 3 is 2.15 bits per heavy atom. The predicted octanol–water partition coefficient (Wildman–Crippen LogP) is 3.77. The molecular formula is C18H26N2. The molecule has 4 aliphatic carbocycles. The van der Waals surface area contributed by atoms with Gasteiger partial charge in [0.2, 0.25) is 0 Å². The number of hydrogen-bond acceptors (Lipinski definition) is 2. The predicted molar refractivity (Wildman–Crippen MR) is 81.2 cm³/mol. The summed E-state index contributed by atoms with van der Waals surface area (Å²) in [6.45, 7) is 4.18. The molecule has 0 saturated heterocycles. The van der Waals surface area contributed by atoms with E-state index < -0.39 is 0 Å². The van der Waals surface area contributed by atoms with Gasteiger partial charge in [-0.05, 0) is 87.2 Å². The van der Waals surface area contributed by atoms with Gasteiger partial charge in [0.15, 0.2) is 0 Å². The molecule has 1 aromatic rings. The van der Waals surface area contributed by atoms with Gasteiger partial charge in [0, 0.05) is 17.4 Å². The minimum Gasteiger partial charge on any atom is -0.324 e. The lowest BCUT2D eigenvalue weighted by Gasteiger charge is -2.56. The molecule has 4 saturated carbocycles. The largest absolute Gasteiger partial charge is 0.324 e. The van der Waals surface area contributed by atoms with Crippen LogP contribution < -0.4 is 5.73 Å². The van der Waals surface area contributed by atoms with Gasteiger partial charge in [-0.25, -0.2) is 0 Å². The molecule has 0 radical (unpaired) electrons. The van der Waals surface area contributed by atoms with Crippen molar-refractivity contribution in [2.24, 2.45) is 35.3 Å². The molecule has 108 valence electrons. The molecule has 2 nitrogen and oxygen atoms in total. The molecule has 2 heteroatoms. The van der Waals surface area contributed by atoms with Crippen LogP contribution >= 0.6 is 0 Å². The first kappa shape index (κ1) is 12.8. The van der Waals surface area contributed by atoms with Crippen molar-refractivity contribution >= 4 is 0 Å². The third kappa shape index (κ3) is 1.92. The van der Waals surface area contributed by atoms with Gasteiger partial charge in [-0.3, -0.25) is 4.98 Å². The van der Waals surface area contributed by atoms with Crippen molar-refractivity contribution in [1.29, 1.82) is 0 Å². The minimum absolute atomic E-state index is 0.207. The molecule has 4 bridgehead atoms. The van der Waals surface area contributed by atoms with E-state index in [0.29, 0.717) is 5.92 Å². The fourth-order valence-electron chi connectivity index (χ4n) is 5.81. The summed E-state index contributed by atoms with van der Waals surface area (Å²) in [6.07, 6.45) is 7.31. The first-order valence-electron chi connectivity index (χ1n) is 8.31. The van der Waals surface area contributed by atoms with Crippen LogP contribution in [0.15, 0.2) is 12.1 Å². The Kier molecular flexibility index (Phi) is 2.92. The van der Waals surface area contributed by atoms with Crippen molar-refractivity contribution in [3.05, 3.63) is 29.1 Å². The van der Waals surface area contributed by atoms with E-state index in [4.69, 9.17) is 5.73 Å². The zero-order valence-corrected chi connectivity index (χ0v) is 12.7. The van der Waals surface area contributed by atoms with Crippen LogP contribution in [-0.4, -0.2) is 4.98 Å². The van der Waals surface area contributed by atoms with Gasteiger partial charge in [-0.2, -0.15) is 0 Å². The molecular weight excluding hydrogens is 244 g/mol. The number of aromatic nitrogens is 1. The van der Waals surface area contributed by atoms with Crippen molar-refractivity contribution in [3.8, 4) is 0 Å². The van der Waals surface area contributed by atoms with E-state index in [9.17, 15) is 0 Å². The van der Waals surface area contributed by atoms with Crippen molar-refractivity contribution in [3.63, 3.8) is 0 Å². The van der Waals surface area contributed by atoms with E-state index in [2.05, 4.69) is 31.0 Å². The number of rotatable bonds is 2. The van der Waals surface area contributed by atoms with Gasteiger partial charge < -0.3 is 5.73 Å². The first-order valence-corrected chi connectivity index (χ1v) is 8.31. The molecule has 0 amide bonds. The average molecular weight is 270 g/mol. The van der Waals surface area contributed by atoms with Crippen LogP contribution in [0.2, 0.25) is 0 Å². The second kappa shape index (κ2) is 4.56. The summed E-state index contributed by atoms with van der Waals surface area (Å²) in [7, 11) is 0. The Bertz CT molecular complexity index is 494. The second-order valence-corrected chi connectivity index (χ2v) is 7.66. The number of aryl methyl sites for hydroxylation is 2. The third-order valence-electron chi connectivity index (χ3n) is 6.34. The third-order valence-corrected chi connectivity index (χ3v) is 6.34. The van der Waals surface area contributed by atoms with Crippen molar-refractivity contribution in [1.82, 2.24) is 4.98 Å². The summed E-state index contributed by atoms with van der Waals surface area (Å²) >= 11 is 0. The molecule has 1 unspecified atom stereocenters. The van der Waals surface area contributed by atoms with E-state index in [1.165, 1.54) is 37.7 Å². The van der Waals surface area contributed by atoms with Gasteiger partial charge in [-0.15, -0.1) is 0 Å². The molecule has 5 rings (SSSR count). The van der Waals surface area contributed by atoms with Gasteiger partial charge in [-0.1, -0.05) is 6.07 Å². The lowest BCUT2D eigenvalue weighted by molar-refractivity contribution is -0.0472. The highest BCUT2D eigenvalue weighted by molar-refractivity contribution is 5.26. The maximum absolute atomic E-state index is 6.73. The van der Waals surface area contributed by atoms with Crippen LogP contribution in [0, 0.1) is 43.4 Å². The molecule has 0 spiro atoms. The first-order chi connectivity index (χ1) is 9.61. The number of pyridine rings is 1. The number of nitrogens with two attached hydrogens (primary N) is 1. The zero-order valence-electron chi connectivity index (χ0n) is 12.7. The van der Waals surface area contributed by atoms with E-state index >= 15 is 0 Å². The molecule has 1 atom stereocenters. The van der Waals surface area contributed by atoms with Crippen molar-refractivity contribution in [2.45, 2.75) is 52.0 Å². The highest BCUT2D eigenvalue weighted by Crippen LogP contribution is 2.59. The molecule has 0 aliphatic heterocycles. The van der Waals surface area contributed by atoms with Crippen LogP contribution in [0.4, 0.5) is 0 Å². The molecule has 4 aliphatic rings. The molecule has 0 aromatic carbocycles. The lowest BCUT2D eigenvalue weighted by atomic mass is 9.50. The van der Waals surface area contributed by atoms with E-state index in [0.717, 1.165) is 35.1 Å². The molecule has 1 heterocycles. The Morgan fingerprint density at radius 2 is 1.60 bits per heavy atom. The normalized spacial score (nSPS) is 40.0. The number of hydrogen-bond donors (Lipinski definition) is 1. The summed E-state index contributed by atoms with van der Waals surface area (Å²) < 4.78 is 0. The smallest absolute Gasteiger partial charge is 0.0423 e. The molecule has 1 aromatic heterocycles. The Labute approximate surface area is 122 Å². The van der Waals surface area contributed by atoms with Crippen LogP contribution in [0.5, 0.6) is 0 Å². The van der Waals surface area contributed by atoms with E-state index in [1.54, 1.807) is 0 Å². The Hall–Kier alpha value is -0.890. The van der Waals surface area contributed by atoms with Gasteiger partial charge in [0.25, 0.3) is 0 Å². The van der Waals surface area contributed by atoms with Gasteiger partial charge in [0.05, 0.1) is 0 Å². The lowest BCUT2D eigenvalue weighted by Crippen LogP contribution is -2.48. The fourth-order valence-corrected chi connectivity index (χ4v) is 5.81. The van der Waals surface area contributed by atoms with Gasteiger partial charge >= 0.3 is 0 Å². The van der Waals surface area contributed by atoms with Crippen molar-refractivity contribution < 1.29 is 0 Å². The van der Waals surface area contributed by atoms with E-state index in [-0.39, 0.29) is 6.04 Å². The maximum Gasteiger partial charge on any atom is 0.0423 e. The Balaban J connectivity index is 1.63. The minimum atomic E-state index is 0.207. The highest BCUT2D eigenvalue weighted by atomic mass is 14.8. The monoisotopic (exact) mass is 270 g/mol. The summed E-state index contributed by atoms with van der Waals surface area (Å²) in [6, 6.07) is 4.56. The molecule has 2 N–H and O–H groups in total. The summed E-state index contributed by atoms with van der Waals surface area (Å²) in [5.74, 6) is 4.55. The topological polar surface area (TPSA) is 38.9 Å². The number of nitrogens with zero attached hydrogens (tertiary/aromatic N) is 1. The second-order valence-electron chi connectivity index (χ2n) is 7.66. The van der Waals surface area contributed by atoms with Crippen LogP contribution in [0.1, 0.15) is 55.1 Å². The molecule has 4 fully saturated rings. The zero-order chi connectivity index (χ0) is 13.9. The maximum atomic E-state index is 6.73. The SMILES string of the molecule is Cc1ccc(C(N)C2C3CC4CC(C3)CC2C4)c(C)n1. The van der Waals surface area contributed by atoms with Crippen molar-refractivity contribution in [2.75, 3.05) is 0 Å². The fraction of sp³-hybridized carbons (Fsp3) is 0.722. The average Bonchev–Trinajstić information content (AvgIpc) is 2.37. The van der Waals surface area contributed by atoms with E-state index in [1.807, 2.05) is 0 Å². The Morgan fingerprint density at radius 1 is 1.00 bits per heavy atom. The van der Waals surface area contributed by atoms with Crippen LogP contribution in [0.3, 0.4) is 0 Å². The molecule has 20 heavy (non-hydrogen) atoms.